The zero-order chi connectivity index (χ0) is 21.1. The van der Waals surface area contributed by atoms with Crippen molar-refractivity contribution in [2.75, 3.05) is 0 Å². The molecule has 3 amide bonds. The van der Waals surface area contributed by atoms with Crippen LogP contribution in [0, 0.1) is 0 Å². The summed E-state index contributed by atoms with van der Waals surface area (Å²) in [5.41, 5.74) is -0.255. The van der Waals surface area contributed by atoms with Gasteiger partial charge >= 0.3 is 6.03 Å². The van der Waals surface area contributed by atoms with Crippen LogP contribution in [0.1, 0.15) is 27.7 Å². The van der Waals surface area contributed by atoms with Gasteiger partial charge < -0.3 is 5.32 Å². The molecule has 1 aromatic heterocycles. The first kappa shape index (κ1) is 22.0. The number of amides is 3. The molecular formula is C19H23ClN4O3S. The van der Waals surface area contributed by atoms with Gasteiger partial charge in [-0.15, -0.1) is 6.58 Å². The molecule has 1 aromatic carbocycles. The Kier molecular flexibility index (Phi) is 6.90. The Morgan fingerprint density at radius 2 is 2.07 bits per heavy atom. The summed E-state index contributed by atoms with van der Waals surface area (Å²) in [6.45, 7) is 11.0. The molecule has 150 valence electrons. The van der Waals surface area contributed by atoms with Gasteiger partial charge in [-0.1, -0.05) is 29.4 Å². The second-order valence-corrected chi connectivity index (χ2v) is 8.96. The molecule has 1 heterocycles. The van der Waals surface area contributed by atoms with Gasteiger partial charge in [0.25, 0.3) is 5.56 Å². The number of imide groups is 1. The van der Waals surface area contributed by atoms with Gasteiger partial charge in [0.15, 0.2) is 5.16 Å². The van der Waals surface area contributed by atoms with Crippen molar-refractivity contribution in [1.29, 1.82) is 0 Å². The molecule has 7 nitrogen and oxygen atoms in total. The SMILES string of the molecule is C=CCn1c(S[C@@H](C)C(=O)NC(=O)NC(C)(C)C)nc2ccc(Cl)cc2c1=O. The molecule has 0 aliphatic carbocycles. The summed E-state index contributed by atoms with van der Waals surface area (Å²) in [4.78, 5) is 41.6. The average Bonchev–Trinajstić information content (AvgIpc) is 2.57. The number of hydrogen-bond acceptors (Lipinski definition) is 5. The lowest BCUT2D eigenvalue weighted by molar-refractivity contribution is -0.119. The molecule has 2 aromatic rings. The minimum atomic E-state index is -0.654. The van der Waals surface area contributed by atoms with Crippen molar-refractivity contribution in [3.8, 4) is 0 Å². The Balaban J connectivity index is 2.29. The smallest absolute Gasteiger partial charge is 0.321 e. The first-order chi connectivity index (χ1) is 13.0. The molecule has 0 unspecified atom stereocenters. The summed E-state index contributed by atoms with van der Waals surface area (Å²) < 4.78 is 1.43. The quantitative estimate of drug-likeness (QED) is 0.438. The Morgan fingerprint density at radius 3 is 2.68 bits per heavy atom. The number of nitrogens with one attached hydrogen (secondary N) is 2. The van der Waals surface area contributed by atoms with Crippen molar-refractivity contribution >= 4 is 46.2 Å². The molecule has 0 aliphatic rings. The fraction of sp³-hybridized carbons (Fsp3) is 0.368. The van der Waals surface area contributed by atoms with Crippen LogP contribution in [-0.4, -0.2) is 32.3 Å². The van der Waals surface area contributed by atoms with Gasteiger partial charge in [0.05, 0.1) is 16.2 Å². The number of urea groups is 1. The summed E-state index contributed by atoms with van der Waals surface area (Å²) >= 11 is 7.08. The molecule has 0 saturated heterocycles. The van der Waals surface area contributed by atoms with E-state index in [0.29, 0.717) is 21.1 Å². The van der Waals surface area contributed by atoms with E-state index >= 15 is 0 Å². The number of thioether (sulfide) groups is 1. The number of carbonyl (C=O) groups is 2. The van der Waals surface area contributed by atoms with Gasteiger partial charge in [0.1, 0.15) is 0 Å². The van der Waals surface area contributed by atoms with Crippen molar-refractivity contribution in [2.45, 2.75) is 50.2 Å². The van der Waals surface area contributed by atoms with Crippen molar-refractivity contribution in [2.24, 2.45) is 0 Å². The Bertz CT molecular complexity index is 982. The van der Waals surface area contributed by atoms with E-state index in [1.54, 1.807) is 31.2 Å². The minimum absolute atomic E-state index is 0.232. The largest absolute Gasteiger partial charge is 0.333 e. The van der Waals surface area contributed by atoms with E-state index in [4.69, 9.17) is 11.6 Å². The summed E-state index contributed by atoms with van der Waals surface area (Å²) in [6, 6.07) is 4.29. The lowest BCUT2D eigenvalue weighted by atomic mass is 10.1. The van der Waals surface area contributed by atoms with Crippen molar-refractivity contribution in [3.05, 3.63) is 46.2 Å². The molecular weight excluding hydrogens is 400 g/mol. The van der Waals surface area contributed by atoms with Crippen molar-refractivity contribution in [3.63, 3.8) is 0 Å². The fourth-order valence-electron chi connectivity index (χ4n) is 2.35. The third kappa shape index (κ3) is 5.59. The molecule has 0 spiro atoms. The van der Waals surface area contributed by atoms with Gasteiger partial charge in [0, 0.05) is 17.1 Å². The number of nitrogens with zero attached hydrogens (tertiary/aromatic N) is 2. The summed E-state index contributed by atoms with van der Waals surface area (Å²) in [6.07, 6.45) is 1.57. The van der Waals surface area contributed by atoms with Crippen molar-refractivity contribution < 1.29 is 9.59 Å². The van der Waals surface area contributed by atoms with Crippen LogP contribution in [0.5, 0.6) is 0 Å². The number of carbonyl (C=O) groups excluding carboxylic acids is 2. The highest BCUT2D eigenvalue weighted by Crippen LogP contribution is 2.24. The van der Waals surface area contributed by atoms with E-state index in [1.807, 2.05) is 20.8 Å². The molecule has 28 heavy (non-hydrogen) atoms. The number of allylic oxidation sites excluding steroid dienone is 1. The van der Waals surface area contributed by atoms with Gasteiger partial charge in [0.2, 0.25) is 5.91 Å². The van der Waals surface area contributed by atoms with E-state index in [1.165, 1.54) is 4.57 Å². The zero-order valence-corrected chi connectivity index (χ0v) is 17.8. The maximum atomic E-state index is 12.8. The number of rotatable bonds is 5. The lowest BCUT2D eigenvalue weighted by Crippen LogP contribution is -2.49. The number of benzene rings is 1. The van der Waals surface area contributed by atoms with Crippen LogP contribution in [-0.2, 0) is 11.3 Å². The third-order valence-corrected chi connectivity index (χ3v) is 4.89. The molecule has 0 fully saturated rings. The lowest BCUT2D eigenvalue weighted by Gasteiger charge is -2.21. The Morgan fingerprint density at radius 1 is 1.39 bits per heavy atom. The van der Waals surface area contributed by atoms with Crippen LogP contribution < -0.4 is 16.2 Å². The highest BCUT2D eigenvalue weighted by atomic mass is 35.5. The fourth-order valence-corrected chi connectivity index (χ4v) is 3.44. The molecule has 2 N–H and O–H groups in total. The topological polar surface area (TPSA) is 93.1 Å². The molecule has 0 radical (unpaired) electrons. The van der Waals surface area contributed by atoms with E-state index < -0.39 is 22.7 Å². The minimum Gasteiger partial charge on any atom is -0.333 e. The molecule has 0 bridgehead atoms. The molecule has 2 rings (SSSR count). The van der Waals surface area contributed by atoms with Crippen LogP contribution in [0.2, 0.25) is 5.02 Å². The van der Waals surface area contributed by atoms with Crippen LogP contribution >= 0.6 is 23.4 Å². The van der Waals surface area contributed by atoms with Gasteiger partial charge in [-0.2, -0.15) is 0 Å². The van der Waals surface area contributed by atoms with Crippen molar-refractivity contribution in [1.82, 2.24) is 20.2 Å². The number of hydrogen-bond donors (Lipinski definition) is 2. The van der Waals surface area contributed by atoms with Gasteiger partial charge in [-0.25, -0.2) is 9.78 Å². The second kappa shape index (κ2) is 8.79. The normalized spacial score (nSPS) is 12.5. The van der Waals surface area contributed by atoms with E-state index in [0.717, 1.165) is 11.8 Å². The standard InChI is InChI=1S/C19H23ClN4O3S/c1-6-9-24-16(26)13-10-12(20)7-8-14(13)21-18(24)28-11(2)15(25)22-17(27)23-19(3,4)5/h6-8,10-11H,1,9H2,2-5H3,(H2,22,23,25,27)/t11-/m0/s1. The Labute approximate surface area is 172 Å². The van der Waals surface area contributed by atoms with Crippen LogP contribution in [0.15, 0.2) is 40.8 Å². The van der Waals surface area contributed by atoms with Crippen LogP contribution in [0.3, 0.4) is 0 Å². The van der Waals surface area contributed by atoms with E-state index in [2.05, 4.69) is 22.2 Å². The van der Waals surface area contributed by atoms with Crippen LogP contribution in [0.25, 0.3) is 10.9 Å². The third-order valence-electron chi connectivity index (χ3n) is 3.57. The number of fused-ring (bicyclic) bond motifs is 1. The van der Waals surface area contributed by atoms with Gasteiger partial charge in [-0.05, 0) is 45.9 Å². The number of aromatic nitrogens is 2. The molecule has 0 aliphatic heterocycles. The predicted molar refractivity (Wildman–Crippen MR) is 113 cm³/mol. The predicted octanol–water partition coefficient (Wildman–Crippen LogP) is 3.34. The molecule has 1 atom stereocenters. The maximum absolute atomic E-state index is 12.8. The van der Waals surface area contributed by atoms with E-state index in [9.17, 15) is 14.4 Å². The van der Waals surface area contributed by atoms with Crippen LogP contribution in [0.4, 0.5) is 4.79 Å². The van der Waals surface area contributed by atoms with Gasteiger partial charge in [-0.3, -0.25) is 19.5 Å². The second-order valence-electron chi connectivity index (χ2n) is 7.21. The first-order valence-electron chi connectivity index (χ1n) is 8.62. The van der Waals surface area contributed by atoms with E-state index in [-0.39, 0.29) is 12.1 Å². The molecule has 9 heteroatoms. The summed E-state index contributed by atoms with van der Waals surface area (Å²) in [5.74, 6) is -0.484. The highest BCUT2D eigenvalue weighted by molar-refractivity contribution is 8.00. The molecule has 0 saturated carbocycles. The Hall–Kier alpha value is -2.32. The summed E-state index contributed by atoms with van der Waals surface area (Å²) in [7, 11) is 0. The number of halogens is 1. The first-order valence-corrected chi connectivity index (χ1v) is 9.88. The maximum Gasteiger partial charge on any atom is 0.321 e. The highest BCUT2D eigenvalue weighted by Gasteiger charge is 2.22. The monoisotopic (exact) mass is 422 g/mol. The summed E-state index contributed by atoms with van der Waals surface area (Å²) in [5, 5.41) is 5.50. The zero-order valence-electron chi connectivity index (χ0n) is 16.2. The average molecular weight is 423 g/mol.